The van der Waals surface area contributed by atoms with Gasteiger partial charge in [0, 0.05) is 19.2 Å². The lowest BCUT2D eigenvalue weighted by Crippen LogP contribution is -2.21. The molecule has 0 bridgehead atoms. The molecule has 0 amide bonds. The van der Waals surface area contributed by atoms with Gasteiger partial charge >= 0.3 is 0 Å². The highest BCUT2D eigenvalue weighted by Gasteiger charge is 2.18. The summed E-state index contributed by atoms with van der Waals surface area (Å²) < 4.78 is 3.67. The molecule has 5 rings (SSSR count). The second-order valence-corrected chi connectivity index (χ2v) is 8.33. The van der Waals surface area contributed by atoms with Crippen molar-refractivity contribution >= 4 is 29.0 Å². The molecular weight excluding hydrogens is 448 g/mol. The first-order chi connectivity index (χ1) is 16.5. The number of aromatic amines is 2. The molecule has 3 heterocycles. The Labute approximate surface area is 199 Å². The maximum atomic E-state index is 13.0. The van der Waals surface area contributed by atoms with Crippen molar-refractivity contribution in [2.24, 2.45) is 7.05 Å². The second kappa shape index (κ2) is 8.64. The molecule has 34 heavy (non-hydrogen) atoms. The molecule has 10 heteroatoms. The molecule has 0 saturated carbocycles. The van der Waals surface area contributed by atoms with Gasteiger partial charge in [-0.25, -0.2) is 4.98 Å². The Bertz CT molecular complexity index is 1620. The Morgan fingerprint density at radius 2 is 1.85 bits per heavy atom. The Morgan fingerprint density at radius 3 is 2.53 bits per heavy atom. The zero-order chi connectivity index (χ0) is 23.8. The van der Waals surface area contributed by atoms with E-state index in [-0.39, 0.29) is 5.56 Å². The Hall–Kier alpha value is -4.18. The molecule has 0 aliphatic heterocycles. The molecule has 170 valence electrons. The molecular formula is C24H22N8OS. The zero-order valence-electron chi connectivity index (χ0n) is 18.7. The van der Waals surface area contributed by atoms with Crippen molar-refractivity contribution in [2.75, 3.05) is 0 Å². The van der Waals surface area contributed by atoms with Crippen LogP contribution in [0.5, 0.6) is 0 Å². The lowest BCUT2D eigenvalue weighted by atomic mass is 9.98. The highest BCUT2D eigenvalue weighted by molar-refractivity contribution is 7.71. The van der Waals surface area contributed by atoms with E-state index in [9.17, 15) is 4.79 Å². The minimum Gasteiger partial charge on any atom is -0.315 e. The summed E-state index contributed by atoms with van der Waals surface area (Å²) in [5.41, 5.74) is 5.56. The maximum Gasteiger partial charge on any atom is 0.280 e. The van der Waals surface area contributed by atoms with Gasteiger partial charge in [0.1, 0.15) is 5.82 Å². The monoisotopic (exact) mass is 470 g/mol. The van der Waals surface area contributed by atoms with Crippen LogP contribution in [0.1, 0.15) is 24.7 Å². The maximum absolute atomic E-state index is 13.0. The summed E-state index contributed by atoms with van der Waals surface area (Å²) in [6.45, 7) is 6.64. The quantitative estimate of drug-likeness (QED) is 0.361. The standard InChI is InChI=1S/C24H22N8OS/c1-4-14(2)22-25-21-19(23(33)31(3)24(34)26-21)32(22)13-15-9-11-16(12-10-15)17-7-5-6-8-18(17)20-27-29-30-28-20/h5-12H,2,4,13H2,1,3H3,(H,26,34)(H,27,28,29,30). The van der Waals surface area contributed by atoms with Crippen molar-refractivity contribution in [2.45, 2.75) is 19.9 Å². The predicted molar refractivity (Wildman–Crippen MR) is 134 cm³/mol. The van der Waals surface area contributed by atoms with Crippen LogP contribution in [0.3, 0.4) is 0 Å². The lowest BCUT2D eigenvalue weighted by molar-refractivity contribution is 0.776. The van der Waals surface area contributed by atoms with E-state index in [0.29, 0.717) is 34.1 Å². The topological polar surface area (TPSA) is 110 Å². The Balaban J connectivity index is 1.57. The molecule has 9 nitrogen and oxygen atoms in total. The predicted octanol–water partition coefficient (Wildman–Crippen LogP) is 4.11. The van der Waals surface area contributed by atoms with Crippen LogP contribution in [0.4, 0.5) is 0 Å². The molecule has 0 radical (unpaired) electrons. The van der Waals surface area contributed by atoms with Crippen molar-refractivity contribution in [3.63, 3.8) is 0 Å². The number of H-pyrrole nitrogens is 2. The first kappa shape index (κ1) is 21.7. The molecule has 0 spiro atoms. The fraction of sp³-hybridized carbons (Fsp3) is 0.167. The van der Waals surface area contributed by atoms with E-state index in [0.717, 1.165) is 34.2 Å². The van der Waals surface area contributed by atoms with Gasteiger partial charge in [-0.3, -0.25) is 9.36 Å². The number of hydrogen-bond acceptors (Lipinski definition) is 6. The van der Waals surface area contributed by atoms with E-state index in [1.54, 1.807) is 7.05 Å². The van der Waals surface area contributed by atoms with Crippen LogP contribution >= 0.6 is 12.2 Å². The number of rotatable bonds is 6. The molecule has 2 aromatic carbocycles. The van der Waals surface area contributed by atoms with Gasteiger partial charge in [-0.15, -0.1) is 10.2 Å². The number of hydrogen-bond donors (Lipinski definition) is 2. The normalized spacial score (nSPS) is 11.2. The van der Waals surface area contributed by atoms with Crippen molar-refractivity contribution in [1.82, 2.24) is 39.7 Å². The molecule has 0 fully saturated rings. The molecule has 0 unspecified atom stereocenters. The molecule has 0 aliphatic carbocycles. The number of nitrogens with one attached hydrogen (secondary N) is 2. The number of tetrazole rings is 1. The van der Waals surface area contributed by atoms with Gasteiger partial charge in [-0.2, -0.15) is 5.21 Å². The van der Waals surface area contributed by atoms with Crippen molar-refractivity contribution in [1.29, 1.82) is 0 Å². The number of fused-ring (bicyclic) bond motifs is 1. The molecule has 0 aliphatic rings. The fourth-order valence-corrected chi connectivity index (χ4v) is 4.13. The van der Waals surface area contributed by atoms with Crippen LogP contribution in [-0.2, 0) is 13.6 Å². The van der Waals surface area contributed by atoms with E-state index in [4.69, 9.17) is 12.2 Å². The summed E-state index contributed by atoms with van der Waals surface area (Å²) in [6, 6.07) is 16.1. The van der Waals surface area contributed by atoms with Gasteiger partial charge < -0.3 is 9.55 Å². The summed E-state index contributed by atoms with van der Waals surface area (Å²) in [4.78, 5) is 20.8. The molecule has 0 saturated heterocycles. The van der Waals surface area contributed by atoms with Crippen LogP contribution in [-0.4, -0.2) is 39.7 Å². The lowest BCUT2D eigenvalue weighted by Gasteiger charge is -2.12. The smallest absolute Gasteiger partial charge is 0.280 e. The number of aromatic nitrogens is 8. The van der Waals surface area contributed by atoms with Crippen molar-refractivity contribution in [3.8, 4) is 22.5 Å². The third-order valence-corrected chi connectivity index (χ3v) is 6.24. The van der Waals surface area contributed by atoms with E-state index in [2.05, 4.69) is 37.2 Å². The molecule has 5 aromatic rings. The van der Waals surface area contributed by atoms with E-state index < -0.39 is 0 Å². The third kappa shape index (κ3) is 3.67. The van der Waals surface area contributed by atoms with Crippen LogP contribution < -0.4 is 5.56 Å². The Morgan fingerprint density at radius 1 is 1.12 bits per heavy atom. The van der Waals surface area contributed by atoms with E-state index in [1.807, 2.05) is 60.0 Å². The SMILES string of the molecule is C=C(CC)c1nc2[nH]c(=S)n(C)c(=O)c2n1Cc1ccc(-c2ccccc2-c2nn[nH]n2)cc1. The van der Waals surface area contributed by atoms with Crippen LogP contribution in [0, 0.1) is 4.77 Å². The van der Waals surface area contributed by atoms with Gasteiger partial charge in [0.15, 0.2) is 15.9 Å². The molecule has 0 atom stereocenters. The number of benzene rings is 2. The van der Waals surface area contributed by atoms with Gasteiger partial charge in [-0.1, -0.05) is 62.0 Å². The van der Waals surface area contributed by atoms with E-state index >= 15 is 0 Å². The minimum absolute atomic E-state index is 0.188. The van der Waals surface area contributed by atoms with Gasteiger partial charge in [0.2, 0.25) is 5.82 Å². The summed E-state index contributed by atoms with van der Waals surface area (Å²) in [6.07, 6.45) is 0.718. The van der Waals surface area contributed by atoms with Gasteiger partial charge in [0.05, 0.1) is 0 Å². The fourth-order valence-electron chi connectivity index (χ4n) is 3.95. The summed E-state index contributed by atoms with van der Waals surface area (Å²) in [5.74, 6) is 1.22. The highest BCUT2D eigenvalue weighted by atomic mass is 32.1. The van der Waals surface area contributed by atoms with Crippen LogP contribution in [0.2, 0.25) is 0 Å². The number of nitrogens with zero attached hydrogens (tertiary/aromatic N) is 6. The third-order valence-electron chi connectivity index (χ3n) is 5.87. The van der Waals surface area contributed by atoms with E-state index in [1.165, 1.54) is 4.57 Å². The highest BCUT2D eigenvalue weighted by Crippen LogP contribution is 2.30. The first-order valence-corrected chi connectivity index (χ1v) is 11.2. The van der Waals surface area contributed by atoms with Crippen molar-refractivity contribution in [3.05, 3.63) is 81.6 Å². The number of imidazole rings is 1. The zero-order valence-corrected chi connectivity index (χ0v) is 19.6. The average molecular weight is 471 g/mol. The first-order valence-electron chi connectivity index (χ1n) is 10.8. The van der Waals surface area contributed by atoms with Gasteiger partial charge in [0.25, 0.3) is 5.56 Å². The molecule has 2 N–H and O–H groups in total. The summed E-state index contributed by atoms with van der Waals surface area (Å²) >= 11 is 5.27. The molecule has 3 aromatic heterocycles. The second-order valence-electron chi connectivity index (χ2n) is 7.95. The largest absolute Gasteiger partial charge is 0.315 e. The van der Waals surface area contributed by atoms with Gasteiger partial charge in [-0.05, 0) is 46.1 Å². The minimum atomic E-state index is -0.188. The van der Waals surface area contributed by atoms with Crippen molar-refractivity contribution < 1.29 is 0 Å². The Kier molecular flexibility index (Phi) is 5.50. The van der Waals surface area contributed by atoms with Crippen LogP contribution in [0.25, 0.3) is 39.3 Å². The number of allylic oxidation sites excluding steroid dienone is 1. The summed E-state index contributed by atoms with van der Waals surface area (Å²) in [7, 11) is 1.65. The van der Waals surface area contributed by atoms with Crippen LogP contribution in [0.15, 0.2) is 59.9 Å². The summed E-state index contributed by atoms with van der Waals surface area (Å²) in [5, 5.41) is 14.4. The average Bonchev–Trinajstić information content (AvgIpc) is 3.51.